The standard InChI is InChI=1S/C31H50O7Si2/c1-20-23(37-40(10,11)28(2,3)4)17-22-25(20)26-31(34,30(6,27(32)36-26)38-39(7,8)9)24(18-29(22,5)33)35-19-21-15-13-12-14-16-21/h12-16,22-24,26,33-34H,17-19H2,1-11H3/t22-,23?,24+,26-,29-,30+,31+/m0/s1. The fraction of sp³-hybridized carbons (Fsp3) is 0.710. The van der Waals surface area contributed by atoms with Gasteiger partial charge in [-0.3, -0.25) is 0 Å². The van der Waals surface area contributed by atoms with Gasteiger partial charge in [-0.1, -0.05) is 51.1 Å². The molecule has 2 aliphatic carbocycles. The third-order valence-electron chi connectivity index (χ3n) is 9.71. The topological polar surface area (TPSA) is 94.5 Å². The fourth-order valence-electron chi connectivity index (χ4n) is 6.49. The van der Waals surface area contributed by atoms with Crippen LogP contribution in [0.3, 0.4) is 0 Å². The highest BCUT2D eigenvalue weighted by atomic mass is 28.4. The van der Waals surface area contributed by atoms with Gasteiger partial charge in [-0.25, -0.2) is 4.79 Å². The zero-order valence-electron chi connectivity index (χ0n) is 26.3. The lowest BCUT2D eigenvalue weighted by molar-refractivity contribution is -0.202. The highest BCUT2D eigenvalue weighted by Gasteiger charge is 2.74. The molecule has 224 valence electrons. The lowest BCUT2D eigenvalue weighted by Crippen LogP contribution is -2.67. The lowest BCUT2D eigenvalue weighted by atomic mass is 9.75. The molecule has 4 rings (SSSR count). The van der Waals surface area contributed by atoms with Crippen LogP contribution >= 0.6 is 0 Å². The quantitative estimate of drug-likeness (QED) is 0.238. The summed E-state index contributed by atoms with van der Waals surface area (Å²) < 4.78 is 26.0. The van der Waals surface area contributed by atoms with E-state index in [4.69, 9.17) is 18.3 Å². The Hall–Kier alpha value is -1.34. The zero-order valence-corrected chi connectivity index (χ0v) is 28.3. The molecule has 0 aromatic heterocycles. The average molecular weight is 591 g/mol. The van der Waals surface area contributed by atoms with Crippen molar-refractivity contribution in [3.05, 3.63) is 47.0 Å². The maximum Gasteiger partial charge on any atom is 0.341 e. The average Bonchev–Trinajstić information content (AvgIpc) is 3.20. The maximum atomic E-state index is 13.7. The van der Waals surface area contributed by atoms with Crippen LogP contribution < -0.4 is 0 Å². The first-order valence-corrected chi connectivity index (χ1v) is 20.9. The highest BCUT2D eigenvalue weighted by Crippen LogP contribution is 2.57. The lowest BCUT2D eigenvalue weighted by Gasteiger charge is -2.45. The first-order valence-electron chi connectivity index (χ1n) is 14.5. The molecule has 2 fully saturated rings. The largest absolute Gasteiger partial charge is 0.452 e. The van der Waals surface area contributed by atoms with E-state index in [9.17, 15) is 15.0 Å². The van der Waals surface area contributed by atoms with Crippen LogP contribution in [0.25, 0.3) is 0 Å². The molecule has 1 aromatic rings. The van der Waals surface area contributed by atoms with Gasteiger partial charge in [0.25, 0.3) is 0 Å². The van der Waals surface area contributed by atoms with Crippen LogP contribution in [0.2, 0.25) is 37.8 Å². The number of hydrogen-bond donors (Lipinski definition) is 2. The van der Waals surface area contributed by atoms with Crippen molar-refractivity contribution in [1.29, 1.82) is 0 Å². The minimum atomic E-state index is -2.36. The number of esters is 1. The Labute approximate surface area is 242 Å². The third kappa shape index (κ3) is 5.32. The van der Waals surface area contributed by atoms with Gasteiger partial charge >= 0.3 is 5.97 Å². The van der Waals surface area contributed by atoms with Crippen molar-refractivity contribution in [1.82, 2.24) is 0 Å². The first-order chi connectivity index (χ1) is 18.1. The van der Waals surface area contributed by atoms with E-state index in [2.05, 4.69) is 33.9 Å². The summed E-state index contributed by atoms with van der Waals surface area (Å²) in [6.07, 6.45) is -1.51. The molecule has 0 bridgehead atoms. The van der Waals surface area contributed by atoms with Crippen LogP contribution in [0, 0.1) is 5.92 Å². The molecule has 9 heteroatoms. The van der Waals surface area contributed by atoms with E-state index < -0.39 is 51.6 Å². The van der Waals surface area contributed by atoms with E-state index in [1.54, 1.807) is 6.92 Å². The Morgan fingerprint density at radius 2 is 1.65 bits per heavy atom. The molecule has 0 amide bonds. The maximum absolute atomic E-state index is 13.7. The third-order valence-corrected chi connectivity index (χ3v) is 15.2. The Morgan fingerprint density at radius 1 is 1.05 bits per heavy atom. The van der Waals surface area contributed by atoms with Crippen molar-refractivity contribution < 1.29 is 33.3 Å². The summed E-state index contributed by atoms with van der Waals surface area (Å²) in [6.45, 7) is 22.7. The van der Waals surface area contributed by atoms with Crippen molar-refractivity contribution in [2.75, 3.05) is 0 Å². The molecule has 2 N–H and O–H groups in total. The van der Waals surface area contributed by atoms with Gasteiger partial charge in [0, 0.05) is 12.3 Å². The number of benzene rings is 1. The molecule has 1 saturated carbocycles. The van der Waals surface area contributed by atoms with E-state index in [0.29, 0.717) is 6.42 Å². The minimum absolute atomic E-state index is 0.00575. The zero-order chi connectivity index (χ0) is 30.1. The SMILES string of the molecule is CC1=C2[C@@H]3OC(=O)[C@@](C)(O[Si](C)(C)C)[C@@]3(O)[C@H](OCc3ccccc3)C[C@](C)(O)[C@H]2CC1O[Si](C)(C)C(C)(C)C. The van der Waals surface area contributed by atoms with Gasteiger partial charge in [-0.2, -0.15) is 0 Å². The second-order valence-corrected chi connectivity index (χ2v) is 24.2. The van der Waals surface area contributed by atoms with Crippen LogP contribution in [-0.2, 0) is 29.7 Å². The second kappa shape index (κ2) is 10.1. The molecular formula is C31H50O7Si2. The van der Waals surface area contributed by atoms with Crippen LogP contribution in [0.15, 0.2) is 41.5 Å². The van der Waals surface area contributed by atoms with Gasteiger partial charge in [0.1, 0.15) is 0 Å². The second-order valence-electron chi connectivity index (χ2n) is 15.0. The van der Waals surface area contributed by atoms with E-state index in [1.165, 1.54) is 0 Å². The van der Waals surface area contributed by atoms with E-state index in [0.717, 1.165) is 16.7 Å². The van der Waals surface area contributed by atoms with Crippen LogP contribution in [0.4, 0.5) is 0 Å². The fourth-order valence-corrected chi connectivity index (χ4v) is 9.30. The predicted octanol–water partition coefficient (Wildman–Crippen LogP) is 5.72. The predicted molar refractivity (Wildman–Crippen MR) is 161 cm³/mol. The summed E-state index contributed by atoms with van der Waals surface area (Å²) in [5.41, 5.74) is -2.16. The normalized spacial score (nSPS) is 36.8. The van der Waals surface area contributed by atoms with Gasteiger partial charge in [-0.05, 0) is 81.7 Å². The number of rotatable bonds is 7. The molecule has 7 atom stereocenters. The number of carbonyl (C=O) groups is 1. The molecule has 1 aromatic carbocycles. The van der Waals surface area contributed by atoms with Crippen LogP contribution in [-0.4, -0.2) is 67.9 Å². The van der Waals surface area contributed by atoms with E-state index in [1.807, 2.05) is 63.8 Å². The Kier molecular flexibility index (Phi) is 8.01. The summed E-state index contributed by atoms with van der Waals surface area (Å²) >= 11 is 0. The monoisotopic (exact) mass is 590 g/mol. The van der Waals surface area contributed by atoms with Gasteiger partial charge in [0.2, 0.25) is 0 Å². The molecule has 1 heterocycles. The smallest absolute Gasteiger partial charge is 0.341 e. The summed E-state index contributed by atoms with van der Waals surface area (Å²) in [5, 5.41) is 25.0. The summed E-state index contributed by atoms with van der Waals surface area (Å²) in [4.78, 5) is 13.7. The molecule has 1 aliphatic heterocycles. The highest BCUT2D eigenvalue weighted by molar-refractivity contribution is 6.74. The Balaban J connectivity index is 1.84. The van der Waals surface area contributed by atoms with Gasteiger partial charge in [0.15, 0.2) is 33.9 Å². The van der Waals surface area contributed by atoms with Crippen molar-refractivity contribution in [2.24, 2.45) is 5.92 Å². The molecule has 3 aliphatic rings. The van der Waals surface area contributed by atoms with Crippen LogP contribution in [0.5, 0.6) is 0 Å². The van der Waals surface area contributed by atoms with E-state index in [-0.39, 0.29) is 30.1 Å². The molecule has 1 unspecified atom stereocenters. The minimum Gasteiger partial charge on any atom is -0.452 e. The number of hydrogen-bond acceptors (Lipinski definition) is 7. The Bertz CT molecular complexity index is 1150. The molecule has 1 saturated heterocycles. The summed E-state index contributed by atoms with van der Waals surface area (Å²) in [6, 6.07) is 9.70. The summed E-state index contributed by atoms with van der Waals surface area (Å²) in [7, 11) is -4.51. The number of carbonyl (C=O) groups excluding carboxylic acids is 1. The number of ether oxygens (including phenoxy) is 2. The van der Waals surface area contributed by atoms with Crippen molar-refractivity contribution in [2.45, 2.75) is 134 Å². The molecule has 0 radical (unpaired) electrons. The number of aliphatic hydroxyl groups is 2. The van der Waals surface area contributed by atoms with Crippen molar-refractivity contribution in [3.8, 4) is 0 Å². The number of fused-ring (bicyclic) bond motifs is 3. The first kappa shape index (κ1) is 31.6. The van der Waals surface area contributed by atoms with Crippen molar-refractivity contribution >= 4 is 22.6 Å². The van der Waals surface area contributed by atoms with Gasteiger partial charge < -0.3 is 28.5 Å². The van der Waals surface area contributed by atoms with Gasteiger partial charge in [0.05, 0.1) is 24.4 Å². The van der Waals surface area contributed by atoms with Crippen LogP contribution in [0.1, 0.15) is 59.9 Å². The molecular weight excluding hydrogens is 541 g/mol. The van der Waals surface area contributed by atoms with Gasteiger partial charge in [-0.15, -0.1) is 0 Å². The van der Waals surface area contributed by atoms with Crippen molar-refractivity contribution in [3.63, 3.8) is 0 Å². The van der Waals surface area contributed by atoms with E-state index >= 15 is 0 Å². The molecule has 40 heavy (non-hydrogen) atoms. The summed E-state index contributed by atoms with van der Waals surface area (Å²) in [5.74, 6) is -0.962. The molecule has 7 nitrogen and oxygen atoms in total. The molecule has 0 spiro atoms. The Morgan fingerprint density at radius 3 is 2.20 bits per heavy atom.